The molecule has 1 atom stereocenters. The van der Waals surface area contributed by atoms with Crippen LogP contribution in [0, 0.1) is 0 Å². The smallest absolute Gasteiger partial charge is 0.263 e. The summed E-state index contributed by atoms with van der Waals surface area (Å²) >= 11 is 0. The zero-order valence-electron chi connectivity index (χ0n) is 9.16. The predicted octanol–water partition coefficient (Wildman–Crippen LogP) is -0.266. The molecule has 1 aliphatic rings. The molecule has 0 saturated carbocycles. The van der Waals surface area contributed by atoms with Crippen LogP contribution in [0.15, 0.2) is 0 Å². The highest BCUT2D eigenvalue weighted by atomic mass is 32.2. The zero-order chi connectivity index (χ0) is 12.2. The monoisotopic (exact) mass is 271 g/mol. The van der Waals surface area contributed by atoms with Gasteiger partial charge < -0.3 is 0 Å². The van der Waals surface area contributed by atoms with Crippen molar-refractivity contribution in [2.45, 2.75) is 32.4 Å². The average Bonchev–Trinajstić information content (AvgIpc) is 2.20. The molecule has 0 aromatic rings. The predicted molar refractivity (Wildman–Crippen MR) is 60.1 cm³/mol. The molecular weight excluding hydrogens is 254 g/mol. The van der Waals surface area contributed by atoms with Crippen LogP contribution in [0.3, 0.4) is 0 Å². The maximum Gasteiger partial charge on any atom is 0.268 e. The van der Waals surface area contributed by atoms with Crippen molar-refractivity contribution in [3.8, 4) is 0 Å². The lowest BCUT2D eigenvalue weighted by molar-refractivity contribution is 0.0147. The fraction of sp³-hybridized carbons (Fsp3) is 1.00. The van der Waals surface area contributed by atoms with Gasteiger partial charge in [-0.3, -0.25) is 9.08 Å². The lowest BCUT2D eigenvalue weighted by atomic mass is 10.1. The van der Waals surface area contributed by atoms with Gasteiger partial charge in [-0.05, 0) is 26.2 Å². The number of likely N-dealkylation sites (tertiary alicyclic amines) is 1. The molecule has 0 radical (unpaired) electrons. The van der Waals surface area contributed by atoms with Crippen LogP contribution in [0.25, 0.3) is 0 Å². The molecule has 0 spiro atoms. The fourth-order valence-corrected chi connectivity index (χ4v) is 2.93. The summed E-state index contributed by atoms with van der Waals surface area (Å²) in [6.45, 7) is 2.06. The summed E-state index contributed by atoms with van der Waals surface area (Å²) in [7, 11) is -6.07. The minimum atomic E-state index is -3.53. The van der Waals surface area contributed by atoms with Crippen molar-refractivity contribution < 1.29 is 21.0 Å². The van der Waals surface area contributed by atoms with Crippen molar-refractivity contribution in [3.05, 3.63) is 0 Å². The van der Waals surface area contributed by atoms with Crippen LogP contribution in [0.2, 0.25) is 0 Å². The third kappa shape index (κ3) is 4.36. The second-order valence-corrected chi connectivity index (χ2v) is 6.51. The minimum absolute atomic E-state index is 0.0964. The Hall–Kier alpha value is -0.180. The second-order valence-electron chi connectivity index (χ2n) is 3.68. The molecule has 0 bridgehead atoms. The first-order valence-corrected chi connectivity index (χ1v) is 8.15. The number of thiol groups is 1. The van der Waals surface area contributed by atoms with E-state index in [-0.39, 0.29) is 11.6 Å². The van der Waals surface area contributed by atoms with Gasteiger partial charge in [-0.25, -0.2) is 8.42 Å². The Labute approximate surface area is 97.7 Å². The molecule has 8 heteroatoms. The van der Waals surface area contributed by atoms with E-state index in [2.05, 4.69) is 0 Å². The van der Waals surface area contributed by atoms with Crippen LogP contribution in [0.1, 0.15) is 26.2 Å². The molecule has 1 heterocycles. The third-order valence-corrected chi connectivity index (χ3v) is 4.28. The Morgan fingerprint density at radius 2 is 2.06 bits per heavy atom. The lowest BCUT2D eigenvalue weighted by Crippen LogP contribution is -2.43. The first-order valence-electron chi connectivity index (χ1n) is 5.21. The Kier molecular flexibility index (Phi) is 5.16. The summed E-state index contributed by atoms with van der Waals surface area (Å²) in [6.07, 6.45) is 1.67. The van der Waals surface area contributed by atoms with Crippen molar-refractivity contribution in [2.24, 2.45) is 0 Å². The van der Waals surface area contributed by atoms with Gasteiger partial charge in [0, 0.05) is 6.54 Å². The molecular formula is C8H17NO5S2. The maximum absolute atomic E-state index is 11.3. The Balaban J connectivity index is 2.67. The van der Waals surface area contributed by atoms with E-state index >= 15 is 0 Å². The molecule has 1 saturated heterocycles. The molecule has 6 nitrogen and oxygen atoms in total. The zero-order valence-corrected chi connectivity index (χ0v) is 10.9. The molecule has 96 valence electrons. The largest absolute Gasteiger partial charge is 0.268 e. The van der Waals surface area contributed by atoms with E-state index in [0.717, 1.165) is 12.8 Å². The summed E-state index contributed by atoms with van der Waals surface area (Å²) in [5.41, 5.74) is 0. The van der Waals surface area contributed by atoms with Gasteiger partial charge in [-0.1, -0.05) is 0 Å². The van der Waals surface area contributed by atoms with Crippen molar-refractivity contribution >= 4 is 20.8 Å². The minimum Gasteiger partial charge on any atom is -0.263 e. The average molecular weight is 271 g/mol. The first-order chi connectivity index (χ1) is 7.44. The van der Waals surface area contributed by atoms with E-state index in [1.54, 1.807) is 4.90 Å². The number of rotatable bonds is 5. The fourth-order valence-electron chi connectivity index (χ4n) is 1.62. The molecule has 1 fully saturated rings. The van der Waals surface area contributed by atoms with Crippen molar-refractivity contribution in [2.75, 3.05) is 18.2 Å². The van der Waals surface area contributed by atoms with E-state index in [1.165, 1.54) is 6.92 Å². The molecule has 16 heavy (non-hydrogen) atoms. The molecule has 0 aliphatic carbocycles. The summed E-state index contributed by atoms with van der Waals surface area (Å²) < 4.78 is 48.8. The van der Waals surface area contributed by atoms with Crippen molar-refractivity contribution in [1.29, 1.82) is 0 Å². The molecule has 0 amide bonds. The van der Waals surface area contributed by atoms with E-state index in [9.17, 15) is 16.8 Å². The number of hydrogen-bond acceptors (Lipinski definition) is 6. The van der Waals surface area contributed by atoms with E-state index in [1.807, 2.05) is 0 Å². The quantitative estimate of drug-likeness (QED) is 0.548. The SMILES string of the molecule is CCS(=O)(=O)OC1CCCCN1C[SH](=O)=O. The first kappa shape index (κ1) is 13.9. The Morgan fingerprint density at radius 1 is 1.38 bits per heavy atom. The van der Waals surface area contributed by atoms with Gasteiger partial charge in [-0.2, -0.15) is 8.42 Å². The Morgan fingerprint density at radius 3 is 2.62 bits per heavy atom. The summed E-state index contributed by atoms with van der Waals surface area (Å²) in [5.74, 6) is -0.236. The molecule has 0 aromatic carbocycles. The standard InChI is InChI=1S/C8H17NO5S2/c1-2-16(12,13)14-8-5-3-4-6-9(8)7-15(10)11/h8,15H,2-7H2,1H3. The van der Waals surface area contributed by atoms with E-state index in [0.29, 0.717) is 13.0 Å². The van der Waals surface area contributed by atoms with Crippen molar-refractivity contribution in [1.82, 2.24) is 4.90 Å². The maximum atomic E-state index is 11.3. The van der Waals surface area contributed by atoms with Crippen LogP contribution >= 0.6 is 0 Å². The van der Waals surface area contributed by atoms with Gasteiger partial charge in [0.05, 0.1) is 5.75 Å². The second kappa shape index (κ2) is 5.95. The highest BCUT2D eigenvalue weighted by molar-refractivity contribution is 7.86. The highest BCUT2D eigenvalue weighted by Gasteiger charge is 2.27. The van der Waals surface area contributed by atoms with E-state index < -0.39 is 27.1 Å². The van der Waals surface area contributed by atoms with Crippen molar-refractivity contribution in [3.63, 3.8) is 0 Å². The molecule has 1 aliphatic heterocycles. The van der Waals surface area contributed by atoms with Crippen LogP contribution in [0.4, 0.5) is 0 Å². The van der Waals surface area contributed by atoms with Gasteiger partial charge in [0.2, 0.25) is 0 Å². The Bertz CT molecular complexity index is 381. The van der Waals surface area contributed by atoms with Crippen LogP contribution < -0.4 is 0 Å². The highest BCUT2D eigenvalue weighted by Crippen LogP contribution is 2.19. The van der Waals surface area contributed by atoms with Gasteiger partial charge in [0.25, 0.3) is 10.1 Å². The number of hydrogen-bond donors (Lipinski definition) is 1. The third-order valence-electron chi connectivity index (χ3n) is 2.46. The van der Waals surface area contributed by atoms with Gasteiger partial charge in [0.1, 0.15) is 12.1 Å². The number of piperidine rings is 1. The van der Waals surface area contributed by atoms with Crippen LogP contribution in [-0.4, -0.2) is 46.1 Å². The van der Waals surface area contributed by atoms with Gasteiger partial charge in [0.15, 0.2) is 10.7 Å². The molecule has 0 N–H and O–H groups in total. The normalized spacial score (nSPS) is 23.8. The van der Waals surface area contributed by atoms with Gasteiger partial charge in [-0.15, -0.1) is 0 Å². The summed E-state index contributed by atoms with van der Waals surface area (Å²) in [5, 5.41) is 0. The molecule has 1 unspecified atom stereocenters. The summed E-state index contributed by atoms with van der Waals surface area (Å²) in [6, 6.07) is 0. The topological polar surface area (TPSA) is 80.8 Å². The molecule has 1 rings (SSSR count). The van der Waals surface area contributed by atoms with Gasteiger partial charge >= 0.3 is 0 Å². The number of nitrogens with zero attached hydrogens (tertiary/aromatic N) is 1. The molecule has 0 aromatic heterocycles. The van der Waals surface area contributed by atoms with E-state index in [4.69, 9.17) is 4.18 Å². The van der Waals surface area contributed by atoms with Crippen LogP contribution in [-0.2, 0) is 25.0 Å². The summed E-state index contributed by atoms with van der Waals surface area (Å²) in [4.78, 5) is 1.56. The van der Waals surface area contributed by atoms with Crippen LogP contribution in [0.5, 0.6) is 0 Å². The lowest BCUT2D eigenvalue weighted by Gasteiger charge is -2.32.